The van der Waals surface area contributed by atoms with Gasteiger partial charge in [-0.15, -0.1) is 0 Å². The van der Waals surface area contributed by atoms with Crippen molar-refractivity contribution in [1.82, 2.24) is 5.32 Å². The van der Waals surface area contributed by atoms with Gasteiger partial charge in [-0.3, -0.25) is 0 Å². The zero-order valence-electron chi connectivity index (χ0n) is 12.5. The fraction of sp³-hybridized carbons (Fsp3) is 0.647. The number of hydrogen-bond donors (Lipinski definition) is 1. The number of benzene rings is 1. The van der Waals surface area contributed by atoms with Crippen LogP contribution in [0.1, 0.15) is 55.7 Å². The first-order valence-electron chi connectivity index (χ1n) is 7.79. The Bertz CT molecular complexity index is 506. The number of ether oxygens (including phenoxy) is 1. The van der Waals surface area contributed by atoms with Crippen molar-refractivity contribution in [1.29, 1.82) is 0 Å². The van der Waals surface area contributed by atoms with Crippen LogP contribution in [0.3, 0.4) is 0 Å². The quantitative estimate of drug-likeness (QED) is 0.811. The number of rotatable bonds is 2. The summed E-state index contributed by atoms with van der Waals surface area (Å²) in [6, 6.07) is 2.42. The van der Waals surface area contributed by atoms with Gasteiger partial charge in [0.2, 0.25) is 0 Å². The van der Waals surface area contributed by atoms with Crippen molar-refractivity contribution in [2.75, 3.05) is 13.7 Å². The fourth-order valence-electron chi connectivity index (χ4n) is 3.74. The Morgan fingerprint density at radius 2 is 2.00 bits per heavy atom. The lowest BCUT2D eigenvalue weighted by Crippen LogP contribution is -2.34. The Labute approximate surface area is 130 Å². The van der Waals surface area contributed by atoms with Gasteiger partial charge in [0, 0.05) is 11.1 Å². The maximum absolute atomic E-state index is 5.77. The van der Waals surface area contributed by atoms with Gasteiger partial charge in [-0.1, -0.05) is 6.42 Å². The molecule has 1 saturated heterocycles. The Hall–Kier alpha value is -0.540. The van der Waals surface area contributed by atoms with Crippen LogP contribution in [0.4, 0.5) is 0 Å². The van der Waals surface area contributed by atoms with E-state index in [1.165, 1.54) is 66.1 Å². The van der Waals surface area contributed by atoms with Crippen LogP contribution in [0, 0.1) is 0 Å². The highest BCUT2D eigenvalue weighted by atomic mass is 79.9. The second-order valence-corrected chi connectivity index (χ2v) is 7.13. The maximum atomic E-state index is 5.77. The summed E-state index contributed by atoms with van der Waals surface area (Å²) in [5.41, 5.74) is 4.41. The van der Waals surface area contributed by atoms with E-state index in [2.05, 4.69) is 34.2 Å². The molecule has 0 radical (unpaired) electrons. The summed E-state index contributed by atoms with van der Waals surface area (Å²) in [6.45, 7) is 3.42. The zero-order valence-corrected chi connectivity index (χ0v) is 14.1. The Kier molecular flexibility index (Phi) is 4.09. The topological polar surface area (TPSA) is 21.3 Å². The molecular weight excluding hydrogens is 314 g/mol. The highest BCUT2D eigenvalue weighted by molar-refractivity contribution is 9.10. The third-order valence-electron chi connectivity index (χ3n) is 4.96. The summed E-state index contributed by atoms with van der Waals surface area (Å²) in [6.07, 6.45) is 8.77. The van der Waals surface area contributed by atoms with E-state index in [9.17, 15) is 0 Å². The molecule has 1 fully saturated rings. The van der Waals surface area contributed by atoms with Crippen LogP contribution < -0.4 is 10.1 Å². The van der Waals surface area contributed by atoms with Crippen molar-refractivity contribution in [3.8, 4) is 5.75 Å². The minimum Gasteiger partial charge on any atom is -0.495 e. The number of aryl methyl sites for hydroxylation is 1. The van der Waals surface area contributed by atoms with E-state index in [0.717, 1.165) is 12.3 Å². The summed E-state index contributed by atoms with van der Waals surface area (Å²) in [4.78, 5) is 0. The molecule has 1 aliphatic heterocycles. The minimum absolute atomic E-state index is 0.0647. The number of methoxy groups -OCH3 is 1. The number of nitrogens with one attached hydrogen (secondary N) is 1. The molecule has 2 nitrogen and oxygen atoms in total. The predicted molar refractivity (Wildman–Crippen MR) is 86.5 cm³/mol. The summed E-state index contributed by atoms with van der Waals surface area (Å²) in [5, 5.41) is 3.67. The summed E-state index contributed by atoms with van der Waals surface area (Å²) in [5.74, 6) is 1.04. The van der Waals surface area contributed by atoms with E-state index >= 15 is 0 Å². The Balaban J connectivity index is 2.14. The molecule has 1 heterocycles. The lowest BCUT2D eigenvalue weighted by Gasteiger charge is -2.29. The van der Waals surface area contributed by atoms with Gasteiger partial charge in [-0.25, -0.2) is 0 Å². The van der Waals surface area contributed by atoms with Crippen molar-refractivity contribution < 1.29 is 4.74 Å². The average molecular weight is 338 g/mol. The lowest BCUT2D eigenvalue weighted by molar-refractivity contribution is 0.368. The van der Waals surface area contributed by atoms with Crippen LogP contribution >= 0.6 is 15.9 Å². The molecule has 3 heteroatoms. The van der Waals surface area contributed by atoms with E-state index < -0.39 is 0 Å². The zero-order chi connectivity index (χ0) is 14.2. The fourth-order valence-corrected chi connectivity index (χ4v) is 4.57. The second kappa shape index (κ2) is 5.69. The van der Waals surface area contributed by atoms with Crippen molar-refractivity contribution >= 4 is 15.9 Å². The molecule has 3 rings (SSSR count). The SMILES string of the molecule is COc1c(C2(C)CCCN2)cc2c(c1Br)CCCCC2. The molecule has 0 spiro atoms. The third kappa shape index (κ3) is 2.39. The van der Waals surface area contributed by atoms with Crippen LogP contribution in [-0.2, 0) is 18.4 Å². The number of hydrogen-bond acceptors (Lipinski definition) is 2. The molecule has 0 aromatic heterocycles. The maximum Gasteiger partial charge on any atom is 0.138 e. The second-order valence-electron chi connectivity index (χ2n) is 6.33. The average Bonchev–Trinajstić information content (AvgIpc) is 2.74. The van der Waals surface area contributed by atoms with Gasteiger partial charge in [0.1, 0.15) is 5.75 Å². The van der Waals surface area contributed by atoms with Crippen molar-refractivity contribution in [3.63, 3.8) is 0 Å². The number of halogens is 1. The highest BCUT2D eigenvalue weighted by Crippen LogP contribution is 2.44. The third-order valence-corrected chi connectivity index (χ3v) is 5.79. The van der Waals surface area contributed by atoms with Gasteiger partial charge in [-0.05, 0) is 85.1 Å². The Morgan fingerprint density at radius 3 is 2.70 bits per heavy atom. The van der Waals surface area contributed by atoms with Gasteiger partial charge in [0.25, 0.3) is 0 Å². The van der Waals surface area contributed by atoms with Crippen molar-refractivity contribution in [2.24, 2.45) is 0 Å². The van der Waals surface area contributed by atoms with Crippen LogP contribution in [0.5, 0.6) is 5.75 Å². The molecule has 2 aliphatic rings. The molecule has 1 aliphatic carbocycles. The summed E-state index contributed by atoms with van der Waals surface area (Å²) in [7, 11) is 1.80. The predicted octanol–water partition coefficient (Wildman–Crippen LogP) is 4.33. The molecule has 1 aromatic carbocycles. The van der Waals surface area contributed by atoms with E-state index in [1.807, 2.05) is 0 Å². The molecule has 1 unspecified atom stereocenters. The molecule has 0 bridgehead atoms. The Morgan fingerprint density at radius 1 is 1.20 bits per heavy atom. The molecule has 20 heavy (non-hydrogen) atoms. The lowest BCUT2D eigenvalue weighted by atomic mass is 9.86. The van der Waals surface area contributed by atoms with Gasteiger partial charge in [-0.2, -0.15) is 0 Å². The molecular formula is C17H24BrNO. The molecule has 110 valence electrons. The molecule has 1 N–H and O–H groups in total. The van der Waals surface area contributed by atoms with E-state index in [-0.39, 0.29) is 5.54 Å². The largest absolute Gasteiger partial charge is 0.495 e. The minimum atomic E-state index is 0.0647. The van der Waals surface area contributed by atoms with E-state index in [4.69, 9.17) is 4.74 Å². The normalized spacial score (nSPS) is 26.1. The number of fused-ring (bicyclic) bond motifs is 1. The van der Waals surface area contributed by atoms with Crippen LogP contribution in [-0.4, -0.2) is 13.7 Å². The van der Waals surface area contributed by atoms with Gasteiger partial charge >= 0.3 is 0 Å². The first kappa shape index (κ1) is 14.4. The van der Waals surface area contributed by atoms with Gasteiger partial charge in [0.15, 0.2) is 0 Å². The molecule has 1 aromatic rings. The summed E-state index contributed by atoms with van der Waals surface area (Å²) >= 11 is 3.83. The van der Waals surface area contributed by atoms with Gasteiger partial charge in [0.05, 0.1) is 11.6 Å². The van der Waals surface area contributed by atoms with Gasteiger partial charge < -0.3 is 10.1 Å². The van der Waals surface area contributed by atoms with Crippen LogP contribution in [0.25, 0.3) is 0 Å². The summed E-state index contributed by atoms with van der Waals surface area (Å²) < 4.78 is 6.97. The molecule has 0 saturated carbocycles. The molecule has 1 atom stereocenters. The first-order valence-corrected chi connectivity index (χ1v) is 8.59. The van der Waals surface area contributed by atoms with E-state index in [1.54, 1.807) is 7.11 Å². The molecule has 0 amide bonds. The highest BCUT2D eigenvalue weighted by Gasteiger charge is 2.34. The monoisotopic (exact) mass is 337 g/mol. The van der Waals surface area contributed by atoms with Crippen LogP contribution in [0.15, 0.2) is 10.5 Å². The van der Waals surface area contributed by atoms with E-state index in [0.29, 0.717) is 0 Å². The van der Waals surface area contributed by atoms with Crippen molar-refractivity contribution in [2.45, 2.75) is 57.4 Å². The van der Waals surface area contributed by atoms with Crippen LogP contribution in [0.2, 0.25) is 0 Å². The van der Waals surface area contributed by atoms with Crippen molar-refractivity contribution in [3.05, 3.63) is 27.2 Å². The first-order chi connectivity index (χ1) is 9.65. The smallest absolute Gasteiger partial charge is 0.138 e. The standard InChI is InChI=1S/C17H24BrNO/c1-17(9-6-10-19-17)14-11-12-7-4-3-5-8-13(12)15(18)16(14)20-2/h11,19H,3-10H2,1-2H3.